The van der Waals surface area contributed by atoms with E-state index in [-0.39, 0.29) is 11.3 Å². The summed E-state index contributed by atoms with van der Waals surface area (Å²) < 4.78 is 0.751. The Morgan fingerprint density at radius 1 is 1.44 bits per heavy atom. The van der Waals surface area contributed by atoms with Gasteiger partial charge in [-0.15, -0.1) is 0 Å². The summed E-state index contributed by atoms with van der Waals surface area (Å²) in [4.78, 5) is 22.3. The highest BCUT2D eigenvalue weighted by atomic mass is 127. The zero-order valence-corrected chi connectivity index (χ0v) is 11.6. The predicted molar refractivity (Wildman–Crippen MR) is 71.4 cm³/mol. The quantitative estimate of drug-likeness (QED) is 0.584. The number of hydrogen-bond acceptors (Lipinski definition) is 4. The molecule has 98 valence electrons. The number of phenolic OH excluding ortho intramolecular Hbond substituents is 1. The smallest absolute Gasteiger partial charge is 0.337 e. The molecule has 0 fully saturated rings. The van der Waals surface area contributed by atoms with E-state index in [9.17, 15) is 19.8 Å². The maximum absolute atomic E-state index is 11.7. The second-order valence-corrected chi connectivity index (χ2v) is 5.17. The Morgan fingerprint density at radius 2 is 2.06 bits per heavy atom. The number of aliphatic hydroxyl groups is 1. The third kappa shape index (κ3) is 3.57. The fraction of sp³-hybridized carbons (Fsp3) is 0.273. The lowest BCUT2D eigenvalue weighted by atomic mass is 10.1. The number of halogens is 1. The van der Waals surface area contributed by atoms with Gasteiger partial charge in [0.25, 0.3) is 5.91 Å². The van der Waals surface area contributed by atoms with Gasteiger partial charge in [-0.05, 0) is 47.7 Å². The van der Waals surface area contributed by atoms with Crippen LogP contribution in [0.2, 0.25) is 0 Å². The number of rotatable bonds is 4. The van der Waals surface area contributed by atoms with Crippen LogP contribution in [-0.2, 0) is 4.79 Å². The van der Waals surface area contributed by atoms with Gasteiger partial charge in [-0.2, -0.15) is 0 Å². The third-order valence-corrected chi connectivity index (χ3v) is 2.93. The van der Waals surface area contributed by atoms with Crippen LogP contribution < -0.4 is 5.32 Å². The zero-order valence-electron chi connectivity index (χ0n) is 9.48. The molecule has 0 saturated heterocycles. The summed E-state index contributed by atoms with van der Waals surface area (Å²) in [5.41, 5.74) is -2.02. The molecule has 0 aliphatic rings. The minimum Gasteiger partial charge on any atom is -0.507 e. The molecule has 7 heteroatoms. The number of amides is 1. The van der Waals surface area contributed by atoms with Crippen molar-refractivity contribution in [1.82, 2.24) is 5.32 Å². The van der Waals surface area contributed by atoms with Crippen molar-refractivity contribution >= 4 is 34.5 Å². The van der Waals surface area contributed by atoms with E-state index >= 15 is 0 Å². The fourth-order valence-electron chi connectivity index (χ4n) is 1.11. The molecule has 0 aliphatic carbocycles. The molecule has 0 radical (unpaired) electrons. The van der Waals surface area contributed by atoms with Crippen LogP contribution in [0.5, 0.6) is 5.75 Å². The maximum atomic E-state index is 11.7. The molecule has 1 aromatic carbocycles. The Kier molecular flexibility index (Phi) is 4.52. The Morgan fingerprint density at radius 3 is 2.61 bits per heavy atom. The number of aliphatic carboxylic acids is 1. The first-order valence-electron chi connectivity index (χ1n) is 4.96. The van der Waals surface area contributed by atoms with Crippen molar-refractivity contribution in [3.05, 3.63) is 27.3 Å². The van der Waals surface area contributed by atoms with Gasteiger partial charge in [0.05, 0.1) is 12.1 Å². The lowest BCUT2D eigenvalue weighted by Crippen LogP contribution is -2.46. The van der Waals surface area contributed by atoms with Gasteiger partial charge in [0.15, 0.2) is 5.60 Å². The summed E-state index contributed by atoms with van der Waals surface area (Å²) in [6.07, 6.45) is 0. The van der Waals surface area contributed by atoms with E-state index in [1.54, 1.807) is 6.07 Å². The van der Waals surface area contributed by atoms with Gasteiger partial charge < -0.3 is 20.6 Å². The highest BCUT2D eigenvalue weighted by Gasteiger charge is 2.30. The van der Waals surface area contributed by atoms with Crippen LogP contribution >= 0.6 is 22.6 Å². The molecule has 18 heavy (non-hydrogen) atoms. The highest BCUT2D eigenvalue weighted by Crippen LogP contribution is 2.19. The average Bonchev–Trinajstić information content (AvgIpc) is 2.29. The fourth-order valence-corrected chi connectivity index (χ4v) is 1.60. The third-order valence-electron chi connectivity index (χ3n) is 2.26. The SMILES string of the molecule is CC(O)(CNC(=O)c1cc(I)ccc1O)C(=O)O. The number of benzene rings is 1. The molecule has 1 unspecified atom stereocenters. The monoisotopic (exact) mass is 365 g/mol. The molecule has 0 heterocycles. The highest BCUT2D eigenvalue weighted by molar-refractivity contribution is 14.1. The second kappa shape index (κ2) is 5.53. The van der Waals surface area contributed by atoms with E-state index in [1.165, 1.54) is 12.1 Å². The van der Waals surface area contributed by atoms with Crippen LogP contribution in [0.3, 0.4) is 0 Å². The van der Waals surface area contributed by atoms with E-state index in [1.807, 2.05) is 22.6 Å². The van der Waals surface area contributed by atoms with E-state index in [4.69, 9.17) is 5.11 Å². The number of carboxylic acid groups (broad SMARTS) is 1. The van der Waals surface area contributed by atoms with Gasteiger partial charge in [0.2, 0.25) is 0 Å². The number of aromatic hydroxyl groups is 1. The van der Waals surface area contributed by atoms with Gasteiger partial charge in [-0.1, -0.05) is 0 Å². The molecule has 0 spiro atoms. The normalized spacial score (nSPS) is 13.7. The number of carbonyl (C=O) groups is 2. The van der Waals surface area contributed by atoms with Crippen molar-refractivity contribution in [3.8, 4) is 5.75 Å². The number of phenols is 1. The Labute approximate surface area is 117 Å². The van der Waals surface area contributed by atoms with E-state index in [2.05, 4.69) is 5.32 Å². The topological polar surface area (TPSA) is 107 Å². The first-order valence-corrected chi connectivity index (χ1v) is 6.04. The van der Waals surface area contributed by atoms with Gasteiger partial charge in [-0.25, -0.2) is 4.79 Å². The molecule has 1 atom stereocenters. The Bertz CT molecular complexity index is 486. The molecule has 4 N–H and O–H groups in total. The van der Waals surface area contributed by atoms with Gasteiger partial charge in [0.1, 0.15) is 5.75 Å². The van der Waals surface area contributed by atoms with Crippen LogP contribution in [-0.4, -0.2) is 39.3 Å². The predicted octanol–water partition coefficient (Wildman–Crippen LogP) is 0.562. The van der Waals surface area contributed by atoms with Crippen molar-refractivity contribution < 1.29 is 24.9 Å². The van der Waals surface area contributed by atoms with Crippen molar-refractivity contribution in [2.75, 3.05) is 6.54 Å². The summed E-state index contributed by atoms with van der Waals surface area (Å²) in [5, 5.41) is 29.9. The average molecular weight is 365 g/mol. The zero-order chi connectivity index (χ0) is 13.9. The molecule has 0 bridgehead atoms. The minimum absolute atomic E-state index is 0.0306. The first-order chi connectivity index (χ1) is 8.24. The summed E-state index contributed by atoms with van der Waals surface area (Å²) >= 11 is 1.98. The Balaban J connectivity index is 2.78. The van der Waals surface area contributed by atoms with Crippen molar-refractivity contribution in [2.45, 2.75) is 12.5 Å². The van der Waals surface area contributed by atoms with Gasteiger partial charge in [-0.3, -0.25) is 4.79 Å². The molecular weight excluding hydrogens is 353 g/mol. The van der Waals surface area contributed by atoms with Crippen molar-refractivity contribution in [3.63, 3.8) is 0 Å². The first kappa shape index (κ1) is 14.7. The van der Waals surface area contributed by atoms with Crippen LogP contribution in [0, 0.1) is 3.57 Å². The van der Waals surface area contributed by atoms with Crippen LogP contribution in [0.15, 0.2) is 18.2 Å². The van der Waals surface area contributed by atoms with E-state index in [0.717, 1.165) is 10.5 Å². The van der Waals surface area contributed by atoms with Crippen LogP contribution in [0.1, 0.15) is 17.3 Å². The summed E-state index contributed by atoms with van der Waals surface area (Å²) in [6, 6.07) is 4.45. The lowest BCUT2D eigenvalue weighted by Gasteiger charge is -2.18. The van der Waals surface area contributed by atoms with Crippen molar-refractivity contribution in [2.24, 2.45) is 0 Å². The summed E-state index contributed by atoms with van der Waals surface area (Å²) in [5.74, 6) is -2.29. The molecule has 0 aliphatic heterocycles. The van der Waals surface area contributed by atoms with E-state index < -0.39 is 24.0 Å². The summed E-state index contributed by atoms with van der Waals surface area (Å²) in [6.45, 7) is 0.621. The standard InChI is InChI=1S/C11H12INO5/c1-11(18,10(16)17)5-13-9(15)7-4-6(12)2-3-8(7)14/h2-4,14,18H,5H2,1H3,(H,13,15)(H,16,17). The number of carboxylic acids is 1. The molecule has 1 amide bonds. The van der Waals surface area contributed by atoms with Crippen molar-refractivity contribution in [1.29, 1.82) is 0 Å². The molecule has 0 aromatic heterocycles. The Hall–Kier alpha value is -1.35. The molecule has 1 aromatic rings. The largest absolute Gasteiger partial charge is 0.507 e. The molecule has 0 saturated carbocycles. The number of carbonyl (C=O) groups excluding carboxylic acids is 1. The lowest BCUT2D eigenvalue weighted by molar-refractivity contribution is -0.155. The summed E-state index contributed by atoms with van der Waals surface area (Å²) in [7, 11) is 0. The van der Waals surface area contributed by atoms with Crippen LogP contribution in [0.25, 0.3) is 0 Å². The minimum atomic E-state index is -2.05. The number of hydrogen-bond donors (Lipinski definition) is 4. The molecule has 1 rings (SSSR count). The maximum Gasteiger partial charge on any atom is 0.337 e. The van der Waals surface area contributed by atoms with Gasteiger partial charge >= 0.3 is 5.97 Å². The van der Waals surface area contributed by atoms with Crippen LogP contribution in [0.4, 0.5) is 0 Å². The second-order valence-electron chi connectivity index (χ2n) is 3.92. The van der Waals surface area contributed by atoms with Gasteiger partial charge in [0, 0.05) is 3.57 Å². The molecular formula is C11H12INO5. The molecule has 6 nitrogen and oxygen atoms in total. The number of nitrogens with one attached hydrogen (secondary N) is 1. The van der Waals surface area contributed by atoms with E-state index in [0.29, 0.717) is 0 Å².